The smallest absolute Gasteiger partial charge is 0.339 e. The van der Waals surface area contributed by atoms with E-state index in [-0.39, 0.29) is 47.8 Å². The van der Waals surface area contributed by atoms with Gasteiger partial charge in [0.05, 0.1) is 24.1 Å². The number of benzene rings is 1. The number of rotatable bonds is 10. The SMILES string of the molecule is COCCCNC(=O)CN(C)C(=O)C1CCN(S(=O)(=O)c2ccccc2C(=O)OC)CC1. The van der Waals surface area contributed by atoms with E-state index >= 15 is 0 Å². The summed E-state index contributed by atoms with van der Waals surface area (Å²) in [7, 11) is 0.424. The zero-order valence-electron chi connectivity index (χ0n) is 18.7. The van der Waals surface area contributed by atoms with Crippen LogP contribution < -0.4 is 5.32 Å². The summed E-state index contributed by atoms with van der Waals surface area (Å²) >= 11 is 0. The Bertz CT molecular complexity index is 912. The zero-order chi connectivity index (χ0) is 23.7. The van der Waals surface area contributed by atoms with Gasteiger partial charge in [0, 0.05) is 46.3 Å². The van der Waals surface area contributed by atoms with Gasteiger partial charge >= 0.3 is 5.97 Å². The van der Waals surface area contributed by atoms with Crippen LogP contribution in [0.4, 0.5) is 0 Å². The number of hydrogen-bond acceptors (Lipinski definition) is 7. The predicted molar refractivity (Wildman–Crippen MR) is 116 cm³/mol. The summed E-state index contributed by atoms with van der Waals surface area (Å²) in [4.78, 5) is 37.9. The normalized spacial score (nSPS) is 15.2. The molecule has 1 heterocycles. The molecule has 10 nitrogen and oxygen atoms in total. The van der Waals surface area contributed by atoms with E-state index in [1.807, 2.05) is 0 Å². The number of sulfonamides is 1. The summed E-state index contributed by atoms with van der Waals surface area (Å²) < 4.78 is 37.1. The number of amides is 2. The molecule has 1 fully saturated rings. The van der Waals surface area contributed by atoms with Crippen LogP contribution in [-0.4, -0.2) is 89.5 Å². The third-order valence-electron chi connectivity index (χ3n) is 5.32. The second kappa shape index (κ2) is 11.9. The maximum Gasteiger partial charge on any atom is 0.339 e. The summed E-state index contributed by atoms with van der Waals surface area (Å²) in [6.07, 6.45) is 1.35. The van der Waals surface area contributed by atoms with Gasteiger partial charge in [-0.3, -0.25) is 9.59 Å². The van der Waals surface area contributed by atoms with Crippen molar-refractivity contribution in [1.82, 2.24) is 14.5 Å². The summed E-state index contributed by atoms with van der Waals surface area (Å²) in [5, 5.41) is 2.73. The first-order chi connectivity index (χ1) is 15.2. The lowest BCUT2D eigenvalue weighted by molar-refractivity contribution is -0.139. The Kier molecular flexibility index (Phi) is 9.60. The van der Waals surface area contributed by atoms with Crippen LogP contribution in [0.2, 0.25) is 0 Å². The van der Waals surface area contributed by atoms with Crippen molar-refractivity contribution in [3.8, 4) is 0 Å². The van der Waals surface area contributed by atoms with Crippen LogP contribution in [0.15, 0.2) is 29.2 Å². The highest BCUT2D eigenvalue weighted by Gasteiger charge is 2.35. The molecular weight excluding hydrogens is 438 g/mol. The fourth-order valence-corrected chi connectivity index (χ4v) is 5.21. The van der Waals surface area contributed by atoms with Crippen LogP contribution in [0.25, 0.3) is 0 Å². The number of piperidine rings is 1. The van der Waals surface area contributed by atoms with Crippen LogP contribution in [0.1, 0.15) is 29.6 Å². The number of nitrogens with one attached hydrogen (secondary N) is 1. The Hall–Kier alpha value is -2.50. The molecule has 2 rings (SSSR count). The minimum atomic E-state index is -3.92. The Labute approximate surface area is 188 Å². The first-order valence-electron chi connectivity index (χ1n) is 10.4. The number of ether oxygens (including phenoxy) is 2. The quantitative estimate of drug-likeness (QED) is 0.391. The fourth-order valence-electron chi connectivity index (χ4n) is 3.56. The Balaban J connectivity index is 1.94. The number of carbonyl (C=O) groups excluding carboxylic acids is 3. The molecule has 11 heteroatoms. The summed E-state index contributed by atoms with van der Waals surface area (Å²) in [6.45, 7) is 1.24. The van der Waals surface area contributed by atoms with Gasteiger partial charge in [-0.15, -0.1) is 0 Å². The van der Waals surface area contributed by atoms with Crippen molar-refractivity contribution >= 4 is 27.8 Å². The van der Waals surface area contributed by atoms with Crippen molar-refractivity contribution < 1.29 is 32.3 Å². The predicted octanol–water partition coefficient (Wildman–Crippen LogP) is 0.485. The molecule has 1 N–H and O–H groups in total. The van der Waals surface area contributed by atoms with Crippen molar-refractivity contribution in [3.63, 3.8) is 0 Å². The Morgan fingerprint density at radius 3 is 2.44 bits per heavy atom. The molecule has 0 aromatic heterocycles. The van der Waals surface area contributed by atoms with E-state index in [4.69, 9.17) is 9.47 Å². The minimum absolute atomic E-state index is 0.0237. The Morgan fingerprint density at radius 2 is 1.81 bits per heavy atom. The number of hydrogen-bond donors (Lipinski definition) is 1. The molecule has 32 heavy (non-hydrogen) atoms. The lowest BCUT2D eigenvalue weighted by Crippen LogP contribution is -2.46. The largest absolute Gasteiger partial charge is 0.465 e. The van der Waals surface area contributed by atoms with Gasteiger partial charge in [-0.25, -0.2) is 13.2 Å². The highest BCUT2D eigenvalue weighted by atomic mass is 32.2. The average molecular weight is 470 g/mol. The van der Waals surface area contributed by atoms with Crippen LogP contribution in [0.5, 0.6) is 0 Å². The lowest BCUT2D eigenvalue weighted by atomic mass is 9.96. The maximum atomic E-state index is 13.1. The van der Waals surface area contributed by atoms with Gasteiger partial charge in [-0.05, 0) is 31.4 Å². The molecule has 0 aliphatic carbocycles. The Morgan fingerprint density at radius 1 is 1.16 bits per heavy atom. The van der Waals surface area contributed by atoms with Gasteiger partial charge in [-0.1, -0.05) is 12.1 Å². The van der Waals surface area contributed by atoms with Crippen molar-refractivity contribution in [3.05, 3.63) is 29.8 Å². The molecule has 178 valence electrons. The number of methoxy groups -OCH3 is 2. The molecular formula is C21H31N3O7S. The molecule has 1 aromatic rings. The van der Waals surface area contributed by atoms with Crippen LogP contribution in [0, 0.1) is 5.92 Å². The van der Waals surface area contributed by atoms with Crippen molar-refractivity contribution in [1.29, 1.82) is 0 Å². The van der Waals surface area contributed by atoms with Gasteiger partial charge in [0.25, 0.3) is 0 Å². The second-order valence-corrected chi connectivity index (χ2v) is 9.46. The molecule has 0 atom stereocenters. The summed E-state index contributed by atoms with van der Waals surface area (Å²) in [6, 6.07) is 5.90. The van der Waals surface area contributed by atoms with E-state index in [0.717, 1.165) is 0 Å². The fraction of sp³-hybridized carbons (Fsp3) is 0.571. The number of carbonyl (C=O) groups is 3. The third kappa shape index (κ3) is 6.50. The molecule has 0 saturated carbocycles. The second-order valence-electron chi connectivity index (χ2n) is 7.56. The van der Waals surface area contributed by atoms with Gasteiger partial charge in [-0.2, -0.15) is 4.31 Å². The number of likely N-dealkylation sites (N-methyl/N-ethyl adjacent to an activating group) is 1. The first-order valence-corrected chi connectivity index (χ1v) is 11.8. The van der Waals surface area contributed by atoms with Crippen molar-refractivity contribution in [2.24, 2.45) is 5.92 Å². The number of esters is 1. The molecule has 0 unspecified atom stereocenters. The lowest BCUT2D eigenvalue weighted by Gasteiger charge is -2.32. The summed E-state index contributed by atoms with van der Waals surface area (Å²) in [5.74, 6) is -1.54. The highest BCUT2D eigenvalue weighted by molar-refractivity contribution is 7.89. The minimum Gasteiger partial charge on any atom is -0.465 e. The van der Waals surface area contributed by atoms with Crippen molar-refractivity contribution in [2.75, 3.05) is 54.1 Å². The van der Waals surface area contributed by atoms with Crippen LogP contribution >= 0.6 is 0 Å². The molecule has 0 radical (unpaired) electrons. The molecule has 0 spiro atoms. The topological polar surface area (TPSA) is 122 Å². The van der Waals surface area contributed by atoms with E-state index in [1.165, 1.54) is 28.4 Å². The van der Waals surface area contributed by atoms with E-state index in [0.29, 0.717) is 32.4 Å². The zero-order valence-corrected chi connectivity index (χ0v) is 19.5. The highest BCUT2D eigenvalue weighted by Crippen LogP contribution is 2.27. The molecule has 1 aliphatic rings. The summed E-state index contributed by atoms with van der Waals surface area (Å²) in [5.41, 5.74) is -0.0237. The third-order valence-corrected chi connectivity index (χ3v) is 7.27. The van der Waals surface area contributed by atoms with Gasteiger partial charge in [0.1, 0.15) is 0 Å². The van der Waals surface area contributed by atoms with Gasteiger partial charge in [0.15, 0.2) is 0 Å². The van der Waals surface area contributed by atoms with Crippen LogP contribution in [0.3, 0.4) is 0 Å². The van der Waals surface area contributed by atoms with E-state index in [9.17, 15) is 22.8 Å². The van der Waals surface area contributed by atoms with E-state index in [2.05, 4.69) is 5.32 Å². The van der Waals surface area contributed by atoms with Gasteiger partial charge < -0.3 is 19.7 Å². The molecule has 1 saturated heterocycles. The van der Waals surface area contributed by atoms with E-state index in [1.54, 1.807) is 26.3 Å². The monoisotopic (exact) mass is 469 g/mol. The molecule has 0 bridgehead atoms. The van der Waals surface area contributed by atoms with Crippen molar-refractivity contribution in [2.45, 2.75) is 24.2 Å². The standard InChI is InChI=1S/C21H31N3O7S/c1-23(15-19(25)22-11-6-14-30-2)20(26)16-9-12-24(13-10-16)32(28,29)18-8-5-4-7-17(18)21(27)31-3/h4-5,7-8,16H,6,9-15H2,1-3H3,(H,22,25). The first kappa shape index (κ1) is 25.8. The number of nitrogens with zero attached hydrogens (tertiary/aromatic N) is 2. The molecule has 1 aromatic carbocycles. The maximum absolute atomic E-state index is 13.1. The average Bonchev–Trinajstić information content (AvgIpc) is 2.80. The van der Waals surface area contributed by atoms with Gasteiger partial charge in [0.2, 0.25) is 21.8 Å². The van der Waals surface area contributed by atoms with Crippen LogP contribution in [-0.2, 0) is 29.1 Å². The molecule has 2 amide bonds. The molecule has 1 aliphatic heterocycles. The van der Waals surface area contributed by atoms with E-state index < -0.39 is 16.0 Å².